The van der Waals surface area contributed by atoms with Crippen LogP contribution in [0.1, 0.15) is 6.92 Å². The van der Waals surface area contributed by atoms with E-state index in [0.717, 1.165) is 16.3 Å². The Hall–Kier alpha value is -1.53. The van der Waals surface area contributed by atoms with E-state index in [1.807, 2.05) is 24.3 Å². The highest BCUT2D eigenvalue weighted by Gasteiger charge is 2.23. The van der Waals surface area contributed by atoms with Crippen molar-refractivity contribution >= 4 is 29.3 Å². The van der Waals surface area contributed by atoms with Crippen molar-refractivity contribution in [2.45, 2.75) is 17.9 Å². The van der Waals surface area contributed by atoms with Gasteiger partial charge in [-0.2, -0.15) is 0 Å². The third kappa shape index (κ3) is 3.27. The summed E-state index contributed by atoms with van der Waals surface area (Å²) in [5, 5.41) is 11.5. The fraction of sp³-hybridized carbons (Fsp3) is 0.385. The zero-order valence-electron chi connectivity index (χ0n) is 10.6. The Kier molecular flexibility index (Phi) is 4.44. The summed E-state index contributed by atoms with van der Waals surface area (Å²) in [4.78, 5) is 25.7. The molecule has 1 atom stereocenters. The number of hydrogen-bond acceptors (Lipinski definition) is 4. The zero-order chi connectivity index (χ0) is 13.8. The van der Waals surface area contributed by atoms with Crippen LogP contribution in [0.25, 0.3) is 0 Å². The number of amides is 1. The summed E-state index contributed by atoms with van der Waals surface area (Å²) in [6.45, 7) is 2.21. The van der Waals surface area contributed by atoms with Gasteiger partial charge in [0.25, 0.3) is 0 Å². The molecule has 2 N–H and O–H groups in total. The lowest BCUT2D eigenvalue weighted by Crippen LogP contribution is -2.45. The van der Waals surface area contributed by atoms with E-state index in [-0.39, 0.29) is 12.5 Å². The number of hydrogen-bond donors (Lipinski definition) is 2. The van der Waals surface area contributed by atoms with Crippen molar-refractivity contribution in [3.8, 4) is 0 Å². The van der Waals surface area contributed by atoms with Crippen LogP contribution in [-0.2, 0) is 9.59 Å². The fourth-order valence-corrected chi connectivity index (χ4v) is 2.85. The molecule has 0 aromatic heterocycles. The minimum atomic E-state index is -0.956. The average molecular weight is 280 g/mol. The minimum absolute atomic E-state index is 0.0342. The van der Waals surface area contributed by atoms with Crippen LogP contribution in [0.5, 0.6) is 0 Å². The first-order valence-corrected chi connectivity index (χ1v) is 7.06. The van der Waals surface area contributed by atoms with E-state index in [9.17, 15) is 9.59 Å². The van der Waals surface area contributed by atoms with Gasteiger partial charge in [0.2, 0.25) is 5.91 Å². The normalized spacial score (nSPS) is 15.7. The number of thioether (sulfide) groups is 1. The predicted molar refractivity (Wildman–Crippen MR) is 74.6 cm³/mol. The molecule has 19 heavy (non-hydrogen) atoms. The van der Waals surface area contributed by atoms with Crippen molar-refractivity contribution in [2.75, 3.05) is 23.7 Å². The largest absolute Gasteiger partial charge is 0.480 e. The van der Waals surface area contributed by atoms with Crippen LogP contribution in [0.15, 0.2) is 29.2 Å². The van der Waals surface area contributed by atoms with E-state index in [1.165, 1.54) is 6.92 Å². The standard InChI is InChI=1S/C13H16N2O3S/c1-9(13(17)18)14-8-12(16)15-6-7-19-11-5-3-2-4-10(11)15/h2-5,9,14H,6-8H2,1H3,(H,17,18)/t9-/m0/s1. The van der Waals surface area contributed by atoms with Crippen LogP contribution >= 0.6 is 11.8 Å². The van der Waals surface area contributed by atoms with E-state index in [0.29, 0.717) is 6.54 Å². The Morgan fingerprint density at radius 1 is 1.47 bits per heavy atom. The molecule has 102 valence electrons. The van der Waals surface area contributed by atoms with Crippen molar-refractivity contribution in [2.24, 2.45) is 0 Å². The molecule has 0 bridgehead atoms. The molecular formula is C13H16N2O3S. The number of carboxylic acids is 1. The molecule has 0 unspecified atom stereocenters. The van der Waals surface area contributed by atoms with Gasteiger partial charge >= 0.3 is 5.97 Å². The molecule has 1 heterocycles. The average Bonchev–Trinajstić information content (AvgIpc) is 2.43. The maximum absolute atomic E-state index is 12.1. The Labute approximate surface area is 116 Å². The second kappa shape index (κ2) is 6.08. The summed E-state index contributed by atoms with van der Waals surface area (Å²) < 4.78 is 0. The molecule has 0 radical (unpaired) electrons. The fourth-order valence-electron chi connectivity index (χ4n) is 1.85. The Morgan fingerprint density at radius 3 is 2.95 bits per heavy atom. The molecule has 0 saturated carbocycles. The highest BCUT2D eigenvalue weighted by Crippen LogP contribution is 2.34. The van der Waals surface area contributed by atoms with Crippen molar-refractivity contribution in [3.63, 3.8) is 0 Å². The van der Waals surface area contributed by atoms with Crippen LogP contribution < -0.4 is 10.2 Å². The summed E-state index contributed by atoms with van der Waals surface area (Å²) in [5.74, 6) is -0.194. The third-order valence-corrected chi connectivity index (χ3v) is 4.00. The maximum atomic E-state index is 12.1. The van der Waals surface area contributed by atoms with Gasteiger partial charge in [0.05, 0.1) is 12.2 Å². The van der Waals surface area contributed by atoms with Crippen molar-refractivity contribution < 1.29 is 14.7 Å². The quantitative estimate of drug-likeness (QED) is 0.867. The van der Waals surface area contributed by atoms with Crippen molar-refractivity contribution in [1.29, 1.82) is 0 Å². The monoisotopic (exact) mass is 280 g/mol. The number of nitrogens with zero attached hydrogens (tertiary/aromatic N) is 1. The van der Waals surface area contributed by atoms with E-state index in [1.54, 1.807) is 16.7 Å². The lowest BCUT2D eigenvalue weighted by molar-refractivity contribution is -0.139. The van der Waals surface area contributed by atoms with Gasteiger partial charge in [-0.1, -0.05) is 12.1 Å². The van der Waals surface area contributed by atoms with E-state index in [4.69, 9.17) is 5.11 Å². The van der Waals surface area contributed by atoms with Crippen LogP contribution in [-0.4, -0.2) is 41.9 Å². The molecule has 5 nitrogen and oxygen atoms in total. The Bertz CT molecular complexity index is 493. The number of carboxylic acid groups (broad SMARTS) is 1. The smallest absolute Gasteiger partial charge is 0.320 e. The zero-order valence-corrected chi connectivity index (χ0v) is 11.4. The molecule has 2 rings (SSSR count). The second-order valence-corrected chi connectivity index (χ2v) is 5.44. The van der Waals surface area contributed by atoms with Gasteiger partial charge in [0.15, 0.2) is 0 Å². The summed E-state index contributed by atoms with van der Waals surface area (Å²) in [6.07, 6.45) is 0. The Balaban J connectivity index is 2.03. The van der Waals surface area contributed by atoms with E-state index >= 15 is 0 Å². The number of carbonyl (C=O) groups is 2. The van der Waals surface area contributed by atoms with Crippen LogP contribution in [0.3, 0.4) is 0 Å². The summed E-state index contributed by atoms with van der Waals surface area (Å²) in [5.41, 5.74) is 0.911. The number of fused-ring (bicyclic) bond motifs is 1. The van der Waals surface area contributed by atoms with Crippen LogP contribution in [0.2, 0.25) is 0 Å². The molecule has 0 aliphatic carbocycles. The first kappa shape index (κ1) is 13.9. The maximum Gasteiger partial charge on any atom is 0.320 e. The number of aliphatic carboxylic acids is 1. The molecule has 0 spiro atoms. The van der Waals surface area contributed by atoms with Gasteiger partial charge in [-0.3, -0.25) is 14.9 Å². The topological polar surface area (TPSA) is 69.6 Å². The highest BCUT2D eigenvalue weighted by atomic mass is 32.2. The lowest BCUT2D eigenvalue weighted by atomic mass is 10.2. The molecule has 1 amide bonds. The van der Waals surface area contributed by atoms with Crippen molar-refractivity contribution in [3.05, 3.63) is 24.3 Å². The second-order valence-electron chi connectivity index (χ2n) is 4.30. The first-order valence-electron chi connectivity index (χ1n) is 6.08. The molecule has 0 fully saturated rings. The van der Waals surface area contributed by atoms with Gasteiger partial charge in [-0.05, 0) is 19.1 Å². The molecular weight excluding hydrogens is 264 g/mol. The molecule has 1 aromatic carbocycles. The third-order valence-electron chi connectivity index (χ3n) is 2.96. The SMILES string of the molecule is C[C@H](NCC(=O)N1CCSc2ccccc21)C(=O)O. The van der Waals surface area contributed by atoms with Crippen molar-refractivity contribution in [1.82, 2.24) is 5.32 Å². The van der Waals surface area contributed by atoms with Gasteiger partial charge < -0.3 is 10.0 Å². The molecule has 1 aliphatic heterocycles. The Morgan fingerprint density at radius 2 is 2.21 bits per heavy atom. The number of nitrogens with one attached hydrogen (secondary N) is 1. The number of rotatable bonds is 4. The number of benzene rings is 1. The molecule has 1 aromatic rings. The lowest BCUT2D eigenvalue weighted by Gasteiger charge is -2.29. The van der Waals surface area contributed by atoms with Gasteiger partial charge in [0, 0.05) is 17.2 Å². The summed E-state index contributed by atoms with van der Waals surface area (Å²) in [7, 11) is 0. The molecule has 6 heteroatoms. The highest BCUT2D eigenvalue weighted by molar-refractivity contribution is 7.99. The minimum Gasteiger partial charge on any atom is -0.480 e. The summed E-state index contributed by atoms with van der Waals surface area (Å²) >= 11 is 1.73. The molecule has 0 saturated heterocycles. The number of carbonyl (C=O) groups excluding carboxylic acids is 1. The predicted octanol–water partition coefficient (Wildman–Crippen LogP) is 1.19. The van der Waals surface area contributed by atoms with Gasteiger partial charge in [-0.15, -0.1) is 11.8 Å². The number of anilines is 1. The van der Waals surface area contributed by atoms with E-state index < -0.39 is 12.0 Å². The molecule has 1 aliphatic rings. The number of para-hydroxylation sites is 1. The van der Waals surface area contributed by atoms with Crippen LogP contribution in [0, 0.1) is 0 Å². The summed E-state index contributed by atoms with van der Waals surface area (Å²) in [6, 6.07) is 7.04. The van der Waals surface area contributed by atoms with Crippen LogP contribution in [0.4, 0.5) is 5.69 Å². The van der Waals surface area contributed by atoms with Gasteiger partial charge in [-0.25, -0.2) is 0 Å². The first-order chi connectivity index (χ1) is 9.09. The van der Waals surface area contributed by atoms with Gasteiger partial charge in [0.1, 0.15) is 6.04 Å². The van der Waals surface area contributed by atoms with E-state index in [2.05, 4.69) is 5.32 Å².